The summed E-state index contributed by atoms with van der Waals surface area (Å²) in [7, 11) is 0. The van der Waals surface area contributed by atoms with Crippen molar-refractivity contribution in [1.29, 1.82) is 0 Å². The largest absolute Gasteiger partial charge is 0.481 e. The number of amides is 1. The van der Waals surface area contributed by atoms with E-state index in [0.717, 1.165) is 5.56 Å². The fourth-order valence-corrected chi connectivity index (χ4v) is 1.89. The summed E-state index contributed by atoms with van der Waals surface area (Å²) in [5.41, 5.74) is 9.25. The lowest BCUT2D eigenvalue weighted by atomic mass is 10.1. The highest BCUT2D eigenvalue weighted by molar-refractivity contribution is 5.96. The first kappa shape index (κ1) is 14.9. The molecule has 4 heteroatoms. The fraction of sp³-hybridized carbons (Fsp3) is 0.235. The van der Waals surface area contributed by atoms with Gasteiger partial charge in [-0.2, -0.15) is 0 Å². The van der Waals surface area contributed by atoms with Gasteiger partial charge < -0.3 is 15.8 Å². The molecule has 1 atom stereocenters. The number of nitrogens with one attached hydrogen (secondary N) is 1. The molecule has 1 unspecified atom stereocenters. The van der Waals surface area contributed by atoms with E-state index in [4.69, 9.17) is 10.5 Å². The Balaban J connectivity index is 2.02. The molecule has 0 aliphatic rings. The maximum absolute atomic E-state index is 12.1. The van der Waals surface area contributed by atoms with Gasteiger partial charge in [0.2, 0.25) is 0 Å². The standard InChI is InChI=1S/C17H20N2O2/c1-11-8-9-14(10-12(11)2)21-13(3)17(20)19-16-7-5-4-6-15(16)18/h4-10,13H,18H2,1-3H3,(H,19,20). The number of benzene rings is 2. The van der Waals surface area contributed by atoms with Gasteiger partial charge in [-0.25, -0.2) is 0 Å². The number of nitrogens with two attached hydrogens (primary N) is 1. The van der Waals surface area contributed by atoms with E-state index >= 15 is 0 Å². The van der Waals surface area contributed by atoms with Crippen molar-refractivity contribution in [3.63, 3.8) is 0 Å². The summed E-state index contributed by atoms with van der Waals surface area (Å²) >= 11 is 0. The number of nitrogen functional groups attached to an aromatic ring is 1. The summed E-state index contributed by atoms with van der Waals surface area (Å²) in [4.78, 5) is 12.1. The Labute approximate surface area is 124 Å². The molecule has 110 valence electrons. The number of carbonyl (C=O) groups excluding carboxylic acids is 1. The number of aryl methyl sites for hydroxylation is 2. The van der Waals surface area contributed by atoms with Gasteiger partial charge in [0.05, 0.1) is 11.4 Å². The van der Waals surface area contributed by atoms with E-state index in [1.807, 2.05) is 44.2 Å². The van der Waals surface area contributed by atoms with Crippen LogP contribution in [0.25, 0.3) is 0 Å². The van der Waals surface area contributed by atoms with Crippen LogP contribution in [0.1, 0.15) is 18.1 Å². The number of para-hydroxylation sites is 2. The van der Waals surface area contributed by atoms with E-state index in [0.29, 0.717) is 17.1 Å². The molecule has 2 rings (SSSR count). The van der Waals surface area contributed by atoms with Crippen molar-refractivity contribution in [2.24, 2.45) is 0 Å². The van der Waals surface area contributed by atoms with Crippen LogP contribution >= 0.6 is 0 Å². The van der Waals surface area contributed by atoms with Crippen molar-refractivity contribution in [1.82, 2.24) is 0 Å². The summed E-state index contributed by atoms with van der Waals surface area (Å²) in [5, 5.41) is 2.77. The zero-order chi connectivity index (χ0) is 15.4. The molecule has 0 spiro atoms. The molecule has 0 saturated heterocycles. The van der Waals surface area contributed by atoms with Crippen LogP contribution in [0, 0.1) is 13.8 Å². The minimum atomic E-state index is -0.605. The van der Waals surface area contributed by atoms with Crippen LogP contribution in [0.2, 0.25) is 0 Å². The average Bonchev–Trinajstić information content (AvgIpc) is 2.45. The zero-order valence-corrected chi connectivity index (χ0v) is 12.5. The lowest BCUT2D eigenvalue weighted by Crippen LogP contribution is -2.30. The average molecular weight is 284 g/mol. The van der Waals surface area contributed by atoms with Gasteiger partial charge in [-0.1, -0.05) is 18.2 Å². The maximum Gasteiger partial charge on any atom is 0.265 e. The summed E-state index contributed by atoms with van der Waals surface area (Å²) in [5.74, 6) is 0.452. The van der Waals surface area contributed by atoms with E-state index in [-0.39, 0.29) is 5.91 Å². The second kappa shape index (κ2) is 6.31. The van der Waals surface area contributed by atoms with E-state index in [9.17, 15) is 4.79 Å². The topological polar surface area (TPSA) is 64.3 Å². The van der Waals surface area contributed by atoms with Crippen LogP contribution in [0.5, 0.6) is 5.75 Å². The smallest absolute Gasteiger partial charge is 0.265 e. The lowest BCUT2D eigenvalue weighted by molar-refractivity contribution is -0.122. The number of carbonyl (C=O) groups is 1. The molecule has 0 aromatic heterocycles. The summed E-state index contributed by atoms with van der Waals surface area (Å²) < 4.78 is 5.67. The van der Waals surface area contributed by atoms with E-state index in [1.54, 1.807) is 19.1 Å². The third kappa shape index (κ3) is 3.75. The highest BCUT2D eigenvalue weighted by atomic mass is 16.5. The minimum absolute atomic E-state index is 0.230. The van der Waals surface area contributed by atoms with Crippen LogP contribution in [0.4, 0.5) is 11.4 Å². The number of hydrogen-bond donors (Lipinski definition) is 2. The van der Waals surface area contributed by atoms with Gasteiger partial charge in [-0.3, -0.25) is 4.79 Å². The van der Waals surface area contributed by atoms with E-state index in [2.05, 4.69) is 5.32 Å². The van der Waals surface area contributed by atoms with Crippen LogP contribution in [0.15, 0.2) is 42.5 Å². The first-order valence-corrected chi connectivity index (χ1v) is 6.86. The molecule has 0 aliphatic heterocycles. The van der Waals surface area contributed by atoms with Crippen molar-refractivity contribution < 1.29 is 9.53 Å². The van der Waals surface area contributed by atoms with E-state index in [1.165, 1.54) is 5.56 Å². The second-order valence-electron chi connectivity index (χ2n) is 5.08. The van der Waals surface area contributed by atoms with Crippen LogP contribution in [0.3, 0.4) is 0 Å². The van der Waals surface area contributed by atoms with Gasteiger partial charge >= 0.3 is 0 Å². The molecule has 0 fully saturated rings. The van der Waals surface area contributed by atoms with Crippen molar-refractivity contribution in [3.8, 4) is 5.75 Å². The van der Waals surface area contributed by atoms with Crippen molar-refractivity contribution in [2.45, 2.75) is 26.9 Å². The first-order valence-electron chi connectivity index (χ1n) is 6.86. The lowest BCUT2D eigenvalue weighted by Gasteiger charge is -2.16. The number of rotatable bonds is 4. The second-order valence-corrected chi connectivity index (χ2v) is 5.08. The molecule has 3 N–H and O–H groups in total. The maximum atomic E-state index is 12.1. The van der Waals surface area contributed by atoms with Crippen LogP contribution in [-0.2, 0) is 4.79 Å². The molecule has 4 nitrogen and oxygen atoms in total. The van der Waals surface area contributed by atoms with Gasteiger partial charge in [0, 0.05) is 0 Å². The number of hydrogen-bond acceptors (Lipinski definition) is 3. The Hall–Kier alpha value is -2.49. The zero-order valence-electron chi connectivity index (χ0n) is 12.5. The summed E-state index contributed by atoms with van der Waals surface area (Å²) in [6, 6.07) is 12.9. The highest BCUT2D eigenvalue weighted by Gasteiger charge is 2.15. The summed E-state index contributed by atoms with van der Waals surface area (Å²) in [6.07, 6.45) is -0.605. The Kier molecular flexibility index (Phi) is 4.48. The summed E-state index contributed by atoms with van der Waals surface area (Å²) in [6.45, 7) is 5.76. The molecular weight excluding hydrogens is 264 g/mol. The molecule has 0 saturated carbocycles. The SMILES string of the molecule is Cc1ccc(OC(C)C(=O)Nc2ccccc2N)cc1C. The molecule has 0 radical (unpaired) electrons. The quantitative estimate of drug-likeness (QED) is 0.847. The molecule has 1 amide bonds. The molecule has 0 heterocycles. The molecule has 2 aromatic rings. The van der Waals surface area contributed by atoms with Gasteiger partial charge in [-0.15, -0.1) is 0 Å². The first-order chi connectivity index (χ1) is 9.97. The minimum Gasteiger partial charge on any atom is -0.481 e. The predicted molar refractivity (Wildman–Crippen MR) is 85.5 cm³/mol. The Morgan fingerprint density at radius 2 is 1.86 bits per heavy atom. The third-order valence-electron chi connectivity index (χ3n) is 3.38. The Bertz CT molecular complexity index is 653. The highest BCUT2D eigenvalue weighted by Crippen LogP contribution is 2.20. The molecule has 0 bridgehead atoms. The van der Waals surface area contributed by atoms with E-state index < -0.39 is 6.10 Å². The van der Waals surface area contributed by atoms with Gasteiger partial charge in [-0.05, 0) is 56.2 Å². The monoisotopic (exact) mass is 284 g/mol. The van der Waals surface area contributed by atoms with Crippen molar-refractivity contribution in [2.75, 3.05) is 11.1 Å². The molecule has 2 aromatic carbocycles. The number of anilines is 2. The molecule has 0 aliphatic carbocycles. The van der Waals surface area contributed by atoms with Gasteiger partial charge in [0.25, 0.3) is 5.91 Å². The number of ether oxygens (including phenoxy) is 1. The predicted octanol–water partition coefficient (Wildman–Crippen LogP) is 3.29. The van der Waals surface area contributed by atoms with Crippen LogP contribution < -0.4 is 15.8 Å². The van der Waals surface area contributed by atoms with Gasteiger partial charge in [0.15, 0.2) is 6.10 Å². The van der Waals surface area contributed by atoms with Crippen LogP contribution in [-0.4, -0.2) is 12.0 Å². The van der Waals surface area contributed by atoms with Crippen molar-refractivity contribution >= 4 is 17.3 Å². The molecule has 21 heavy (non-hydrogen) atoms. The third-order valence-corrected chi connectivity index (χ3v) is 3.38. The normalized spacial score (nSPS) is 11.8. The fourth-order valence-electron chi connectivity index (χ4n) is 1.89. The molecular formula is C17H20N2O2. The Morgan fingerprint density at radius 3 is 2.52 bits per heavy atom. The van der Waals surface area contributed by atoms with Crippen molar-refractivity contribution in [3.05, 3.63) is 53.6 Å². The van der Waals surface area contributed by atoms with Gasteiger partial charge in [0.1, 0.15) is 5.75 Å². The Morgan fingerprint density at radius 1 is 1.14 bits per heavy atom.